The summed E-state index contributed by atoms with van der Waals surface area (Å²) >= 11 is 2.66. The Balaban J connectivity index is 2.17. The van der Waals surface area contributed by atoms with E-state index in [0.717, 1.165) is 18.7 Å². The lowest BCUT2D eigenvalue weighted by atomic mass is 10.2. The highest BCUT2D eigenvalue weighted by molar-refractivity contribution is 7.99. The van der Waals surface area contributed by atoms with Gasteiger partial charge in [-0.15, -0.1) is 11.3 Å². The molecule has 2 rings (SSSR count). The number of thiophene rings is 1. The molecule has 0 saturated heterocycles. The molecule has 0 bridgehead atoms. The fraction of sp³-hybridized carbons (Fsp3) is 0.417. The second kappa shape index (κ2) is 6.38. The van der Waals surface area contributed by atoms with Gasteiger partial charge in [0.05, 0.1) is 10.9 Å². The molecule has 8 heteroatoms. The number of nitrogens with zero attached hydrogens (tertiary/aromatic N) is 2. The SMILES string of the molecule is CN(C)CCCSc1nc2scc(C(=O)O)c2c(=O)[nH]1. The normalized spacial score (nSPS) is 11.3. The van der Waals surface area contributed by atoms with E-state index in [0.29, 0.717) is 9.99 Å². The number of carbonyl (C=O) groups is 1. The third-order valence-corrected chi connectivity index (χ3v) is 4.47. The molecule has 0 saturated carbocycles. The molecule has 0 aliphatic rings. The smallest absolute Gasteiger partial charge is 0.337 e. The van der Waals surface area contributed by atoms with Gasteiger partial charge in [0.25, 0.3) is 5.56 Å². The first-order chi connectivity index (χ1) is 9.49. The number of hydrogen-bond donors (Lipinski definition) is 2. The lowest BCUT2D eigenvalue weighted by Crippen LogP contribution is -2.14. The molecule has 2 heterocycles. The molecule has 2 N–H and O–H groups in total. The van der Waals surface area contributed by atoms with Crippen molar-refractivity contribution in [1.82, 2.24) is 14.9 Å². The molecule has 0 aromatic carbocycles. The predicted molar refractivity (Wildman–Crippen MR) is 81.1 cm³/mol. The Morgan fingerprint density at radius 1 is 1.55 bits per heavy atom. The fourth-order valence-electron chi connectivity index (χ4n) is 1.70. The average molecular weight is 313 g/mol. The van der Waals surface area contributed by atoms with Gasteiger partial charge >= 0.3 is 5.97 Å². The zero-order valence-electron chi connectivity index (χ0n) is 11.2. The number of carboxylic acid groups (broad SMARTS) is 1. The maximum Gasteiger partial charge on any atom is 0.337 e. The Hall–Kier alpha value is -1.38. The molecule has 0 aliphatic heterocycles. The van der Waals surface area contributed by atoms with Gasteiger partial charge in [0, 0.05) is 11.1 Å². The summed E-state index contributed by atoms with van der Waals surface area (Å²) in [6.45, 7) is 0.974. The van der Waals surface area contributed by atoms with Crippen LogP contribution in [0.3, 0.4) is 0 Å². The van der Waals surface area contributed by atoms with E-state index in [2.05, 4.69) is 14.9 Å². The topological polar surface area (TPSA) is 86.3 Å². The number of aromatic carboxylic acids is 1. The van der Waals surface area contributed by atoms with Crippen LogP contribution in [0.25, 0.3) is 10.2 Å². The van der Waals surface area contributed by atoms with Gasteiger partial charge < -0.3 is 15.0 Å². The highest BCUT2D eigenvalue weighted by Crippen LogP contribution is 2.23. The monoisotopic (exact) mass is 313 g/mol. The lowest BCUT2D eigenvalue weighted by Gasteiger charge is -2.08. The number of aromatic nitrogens is 2. The van der Waals surface area contributed by atoms with Crippen LogP contribution in [-0.4, -0.2) is 52.3 Å². The molecule has 0 aliphatic carbocycles. The summed E-state index contributed by atoms with van der Waals surface area (Å²) in [5.74, 6) is -0.251. The molecule has 0 radical (unpaired) electrons. The Kier molecular flexibility index (Phi) is 4.79. The van der Waals surface area contributed by atoms with Gasteiger partial charge in [-0.2, -0.15) is 0 Å². The number of aromatic amines is 1. The quantitative estimate of drug-likeness (QED) is 0.480. The van der Waals surface area contributed by atoms with Gasteiger partial charge in [-0.3, -0.25) is 4.79 Å². The van der Waals surface area contributed by atoms with Crippen LogP contribution in [-0.2, 0) is 0 Å². The van der Waals surface area contributed by atoms with E-state index < -0.39 is 5.97 Å². The van der Waals surface area contributed by atoms with Crippen LogP contribution in [0.15, 0.2) is 15.3 Å². The van der Waals surface area contributed by atoms with Gasteiger partial charge in [-0.05, 0) is 27.1 Å². The maximum absolute atomic E-state index is 12.0. The van der Waals surface area contributed by atoms with Crippen molar-refractivity contribution in [2.24, 2.45) is 0 Å². The number of H-pyrrole nitrogens is 1. The lowest BCUT2D eigenvalue weighted by molar-refractivity contribution is 0.0699. The standard InChI is InChI=1S/C12H15N3O3S2/c1-15(2)4-3-5-19-12-13-9(16)8-7(11(17)18)6-20-10(8)14-12/h6H,3-5H2,1-2H3,(H,17,18)(H,13,14,16). The van der Waals surface area contributed by atoms with Gasteiger partial charge in [-0.25, -0.2) is 9.78 Å². The summed E-state index contributed by atoms with van der Waals surface area (Å²) in [7, 11) is 4.02. The Morgan fingerprint density at radius 3 is 2.95 bits per heavy atom. The first-order valence-corrected chi connectivity index (χ1v) is 7.88. The van der Waals surface area contributed by atoms with Crippen LogP contribution < -0.4 is 5.56 Å². The summed E-state index contributed by atoms with van der Waals surface area (Å²) in [6.07, 6.45) is 0.990. The van der Waals surface area contributed by atoms with Gasteiger partial charge in [0.15, 0.2) is 5.16 Å². The van der Waals surface area contributed by atoms with Crippen LogP contribution in [0.2, 0.25) is 0 Å². The number of nitrogens with one attached hydrogen (secondary N) is 1. The van der Waals surface area contributed by atoms with E-state index in [1.807, 2.05) is 14.1 Å². The van der Waals surface area contributed by atoms with Crippen LogP contribution in [0.1, 0.15) is 16.8 Å². The zero-order valence-corrected chi connectivity index (χ0v) is 12.8. The van der Waals surface area contributed by atoms with E-state index in [1.165, 1.54) is 28.5 Å². The van der Waals surface area contributed by atoms with Crippen molar-refractivity contribution in [3.05, 3.63) is 21.3 Å². The Bertz CT molecular complexity index is 678. The van der Waals surface area contributed by atoms with E-state index >= 15 is 0 Å². The summed E-state index contributed by atoms with van der Waals surface area (Å²) in [6, 6.07) is 0. The zero-order chi connectivity index (χ0) is 14.7. The van der Waals surface area contributed by atoms with Crippen molar-refractivity contribution in [2.75, 3.05) is 26.4 Å². The molecular formula is C12H15N3O3S2. The van der Waals surface area contributed by atoms with E-state index in [9.17, 15) is 9.59 Å². The molecule has 0 amide bonds. The average Bonchev–Trinajstić information content (AvgIpc) is 2.79. The van der Waals surface area contributed by atoms with Gasteiger partial charge in [-0.1, -0.05) is 11.8 Å². The van der Waals surface area contributed by atoms with Crippen molar-refractivity contribution in [1.29, 1.82) is 0 Å². The summed E-state index contributed by atoms with van der Waals surface area (Å²) in [5, 5.41) is 11.2. The molecule has 108 valence electrons. The summed E-state index contributed by atoms with van der Waals surface area (Å²) in [5.41, 5.74) is -0.369. The highest BCUT2D eigenvalue weighted by Gasteiger charge is 2.16. The molecule has 20 heavy (non-hydrogen) atoms. The minimum Gasteiger partial charge on any atom is -0.478 e. The minimum atomic E-state index is -1.10. The second-order valence-corrected chi connectivity index (χ2v) is 6.45. The fourth-order valence-corrected chi connectivity index (χ4v) is 3.46. The first-order valence-electron chi connectivity index (χ1n) is 6.01. The minimum absolute atomic E-state index is 0.0166. The van der Waals surface area contributed by atoms with Crippen LogP contribution in [0.5, 0.6) is 0 Å². The molecule has 0 spiro atoms. The Morgan fingerprint density at radius 2 is 2.30 bits per heavy atom. The highest BCUT2D eigenvalue weighted by atomic mass is 32.2. The van der Waals surface area contributed by atoms with Crippen LogP contribution in [0.4, 0.5) is 0 Å². The number of thioether (sulfide) groups is 1. The van der Waals surface area contributed by atoms with Crippen molar-refractivity contribution >= 4 is 39.3 Å². The first kappa shape index (κ1) is 15.0. The van der Waals surface area contributed by atoms with E-state index in [1.54, 1.807) is 0 Å². The third kappa shape index (κ3) is 3.38. The molecular weight excluding hydrogens is 298 g/mol. The third-order valence-electron chi connectivity index (χ3n) is 2.64. The molecule has 2 aromatic rings. The number of rotatable bonds is 6. The van der Waals surface area contributed by atoms with Crippen LogP contribution in [0, 0.1) is 0 Å². The van der Waals surface area contributed by atoms with Crippen molar-refractivity contribution in [2.45, 2.75) is 11.6 Å². The van der Waals surface area contributed by atoms with Gasteiger partial charge in [0.2, 0.25) is 0 Å². The predicted octanol–water partition coefficient (Wildman–Crippen LogP) is 1.73. The Labute approximate surface area is 123 Å². The number of carboxylic acids is 1. The van der Waals surface area contributed by atoms with Crippen molar-refractivity contribution in [3.8, 4) is 0 Å². The van der Waals surface area contributed by atoms with Crippen LogP contribution >= 0.6 is 23.1 Å². The second-order valence-electron chi connectivity index (χ2n) is 4.51. The molecule has 0 unspecified atom stereocenters. The van der Waals surface area contributed by atoms with E-state index in [-0.39, 0.29) is 16.5 Å². The molecule has 0 fully saturated rings. The van der Waals surface area contributed by atoms with Crippen molar-refractivity contribution < 1.29 is 9.90 Å². The summed E-state index contributed by atoms with van der Waals surface area (Å²) in [4.78, 5) is 32.5. The maximum atomic E-state index is 12.0. The molecule has 0 atom stereocenters. The van der Waals surface area contributed by atoms with E-state index in [4.69, 9.17) is 5.11 Å². The molecule has 2 aromatic heterocycles. The largest absolute Gasteiger partial charge is 0.478 e. The summed E-state index contributed by atoms with van der Waals surface area (Å²) < 4.78 is 0. The molecule has 6 nitrogen and oxygen atoms in total. The number of fused-ring (bicyclic) bond motifs is 1. The number of hydrogen-bond acceptors (Lipinski definition) is 6. The van der Waals surface area contributed by atoms with Gasteiger partial charge in [0.1, 0.15) is 4.83 Å². The van der Waals surface area contributed by atoms with Crippen molar-refractivity contribution in [3.63, 3.8) is 0 Å².